The Bertz CT molecular complexity index is 853. The van der Waals surface area contributed by atoms with Crippen molar-refractivity contribution < 1.29 is 4.42 Å². The Labute approximate surface area is 112 Å². The second kappa shape index (κ2) is 4.24. The molecule has 6 heteroatoms. The molecule has 0 radical (unpaired) electrons. The minimum absolute atomic E-state index is 0.232. The third kappa shape index (κ3) is 1.67. The van der Waals surface area contributed by atoms with Crippen LogP contribution in [0.4, 0.5) is 0 Å². The van der Waals surface area contributed by atoms with Crippen molar-refractivity contribution in [3.63, 3.8) is 0 Å². The number of aromatic nitrogens is 2. The summed E-state index contributed by atoms with van der Waals surface area (Å²) in [7, 11) is 0. The Morgan fingerprint density at radius 1 is 1.42 bits per heavy atom. The third-order valence-corrected chi connectivity index (χ3v) is 4.43. The molecule has 3 heterocycles. The van der Waals surface area contributed by atoms with E-state index in [1.54, 1.807) is 19.5 Å². The Morgan fingerprint density at radius 3 is 2.84 bits per heavy atom. The molecule has 3 rings (SSSR count). The number of H-pyrrole nitrogens is 1. The molecule has 0 aromatic carbocycles. The van der Waals surface area contributed by atoms with Crippen LogP contribution in [0.2, 0.25) is 0 Å². The van der Waals surface area contributed by atoms with E-state index in [2.05, 4.69) is 4.98 Å². The molecule has 1 N–H and O–H groups in total. The highest BCUT2D eigenvalue weighted by atomic mass is 32.1. The van der Waals surface area contributed by atoms with Gasteiger partial charge in [0.05, 0.1) is 17.9 Å². The first-order valence-corrected chi connectivity index (χ1v) is 6.74. The number of furan rings is 1. The SMILES string of the molecule is CCn1c(=O)[nH]c2sc(-c3ccoc3)c(C)c2c1=O. The van der Waals surface area contributed by atoms with Gasteiger partial charge in [0.25, 0.3) is 5.56 Å². The molecule has 0 aliphatic carbocycles. The normalized spacial score (nSPS) is 11.3. The fourth-order valence-electron chi connectivity index (χ4n) is 2.21. The van der Waals surface area contributed by atoms with Crippen LogP contribution >= 0.6 is 11.3 Å². The van der Waals surface area contributed by atoms with Crippen molar-refractivity contribution in [1.29, 1.82) is 0 Å². The fourth-order valence-corrected chi connectivity index (χ4v) is 3.38. The molecular formula is C13H12N2O3S. The predicted molar refractivity (Wildman–Crippen MR) is 74.8 cm³/mol. The Balaban J connectivity index is 2.43. The first kappa shape index (κ1) is 12.0. The van der Waals surface area contributed by atoms with Gasteiger partial charge >= 0.3 is 5.69 Å². The van der Waals surface area contributed by atoms with Gasteiger partial charge in [0.15, 0.2) is 0 Å². The van der Waals surface area contributed by atoms with Crippen LogP contribution in [0.25, 0.3) is 20.7 Å². The first-order chi connectivity index (χ1) is 9.13. The van der Waals surface area contributed by atoms with Crippen molar-refractivity contribution in [2.75, 3.05) is 0 Å². The van der Waals surface area contributed by atoms with E-state index in [0.29, 0.717) is 16.8 Å². The van der Waals surface area contributed by atoms with Gasteiger partial charge in [-0.05, 0) is 25.5 Å². The molecule has 3 aromatic rings. The molecule has 0 amide bonds. The van der Waals surface area contributed by atoms with E-state index in [-0.39, 0.29) is 11.2 Å². The number of nitrogens with zero attached hydrogens (tertiary/aromatic N) is 1. The van der Waals surface area contributed by atoms with E-state index in [1.165, 1.54) is 15.9 Å². The van der Waals surface area contributed by atoms with Gasteiger partial charge in [-0.2, -0.15) is 0 Å². The van der Waals surface area contributed by atoms with E-state index < -0.39 is 0 Å². The van der Waals surface area contributed by atoms with Crippen molar-refractivity contribution in [2.45, 2.75) is 20.4 Å². The predicted octanol–water partition coefficient (Wildman–Crippen LogP) is 2.34. The summed E-state index contributed by atoms with van der Waals surface area (Å²) in [5, 5.41) is 0.586. The van der Waals surface area contributed by atoms with Crippen LogP contribution in [-0.4, -0.2) is 9.55 Å². The van der Waals surface area contributed by atoms with E-state index in [1.807, 2.05) is 13.0 Å². The highest BCUT2D eigenvalue weighted by Crippen LogP contribution is 2.35. The highest BCUT2D eigenvalue weighted by molar-refractivity contribution is 7.22. The summed E-state index contributed by atoms with van der Waals surface area (Å²) in [5.41, 5.74) is 1.21. The first-order valence-electron chi connectivity index (χ1n) is 5.92. The number of thiophene rings is 1. The summed E-state index contributed by atoms with van der Waals surface area (Å²) < 4.78 is 6.28. The van der Waals surface area contributed by atoms with Crippen molar-refractivity contribution in [3.8, 4) is 10.4 Å². The standard InChI is InChI=1S/C13H12N2O3S/c1-3-15-12(16)9-7(2)10(8-4-5-18-6-8)19-11(9)14-13(15)17/h4-6H,3H2,1-2H3,(H,14,17). The summed E-state index contributed by atoms with van der Waals surface area (Å²) >= 11 is 1.40. The van der Waals surface area contributed by atoms with Crippen molar-refractivity contribution in [2.24, 2.45) is 0 Å². The maximum atomic E-state index is 12.3. The maximum Gasteiger partial charge on any atom is 0.329 e. The summed E-state index contributed by atoms with van der Waals surface area (Å²) in [5.74, 6) is 0. The molecule has 0 atom stereocenters. The lowest BCUT2D eigenvalue weighted by molar-refractivity contribution is 0.568. The molecule has 0 aliphatic rings. The van der Waals surface area contributed by atoms with Crippen molar-refractivity contribution in [3.05, 3.63) is 45.0 Å². The molecule has 0 fully saturated rings. The number of aromatic amines is 1. The lowest BCUT2D eigenvalue weighted by atomic mass is 10.1. The summed E-state index contributed by atoms with van der Waals surface area (Å²) in [6.45, 7) is 4.03. The molecule has 98 valence electrons. The van der Waals surface area contributed by atoms with Crippen LogP contribution in [0.5, 0.6) is 0 Å². The molecule has 3 aromatic heterocycles. The minimum atomic E-state index is -0.361. The van der Waals surface area contributed by atoms with Gasteiger partial charge in [0.2, 0.25) is 0 Å². The van der Waals surface area contributed by atoms with Crippen LogP contribution < -0.4 is 11.2 Å². The van der Waals surface area contributed by atoms with Crippen LogP contribution in [0.15, 0.2) is 32.6 Å². The Kier molecular flexibility index (Phi) is 2.67. The zero-order valence-corrected chi connectivity index (χ0v) is 11.3. The van der Waals surface area contributed by atoms with Crippen LogP contribution in [0.1, 0.15) is 12.5 Å². The second-order valence-electron chi connectivity index (χ2n) is 4.25. The fraction of sp³-hybridized carbons (Fsp3) is 0.231. The molecule has 0 aliphatic heterocycles. The second-order valence-corrected chi connectivity index (χ2v) is 5.27. The summed E-state index contributed by atoms with van der Waals surface area (Å²) in [4.78, 5) is 28.4. The third-order valence-electron chi connectivity index (χ3n) is 3.17. The smallest absolute Gasteiger partial charge is 0.329 e. The quantitative estimate of drug-likeness (QED) is 0.781. The minimum Gasteiger partial charge on any atom is -0.472 e. The zero-order valence-electron chi connectivity index (χ0n) is 10.5. The van der Waals surface area contributed by atoms with Gasteiger partial charge in [-0.15, -0.1) is 11.3 Å². The molecule has 19 heavy (non-hydrogen) atoms. The van der Waals surface area contributed by atoms with Gasteiger partial charge in [-0.1, -0.05) is 0 Å². The van der Waals surface area contributed by atoms with Gasteiger partial charge in [-0.3, -0.25) is 14.3 Å². The lowest BCUT2D eigenvalue weighted by Crippen LogP contribution is -2.34. The van der Waals surface area contributed by atoms with Crippen LogP contribution in [-0.2, 0) is 6.54 Å². The summed E-state index contributed by atoms with van der Waals surface area (Å²) in [6, 6.07) is 1.84. The highest BCUT2D eigenvalue weighted by Gasteiger charge is 2.16. The van der Waals surface area contributed by atoms with Gasteiger partial charge in [0, 0.05) is 17.0 Å². The molecule has 0 unspecified atom stereocenters. The van der Waals surface area contributed by atoms with Crippen molar-refractivity contribution >= 4 is 21.6 Å². The lowest BCUT2D eigenvalue weighted by Gasteiger charge is -2.00. The number of nitrogens with one attached hydrogen (secondary N) is 1. The topological polar surface area (TPSA) is 68.0 Å². The monoisotopic (exact) mass is 276 g/mol. The van der Waals surface area contributed by atoms with E-state index in [9.17, 15) is 9.59 Å². The molecule has 0 saturated carbocycles. The van der Waals surface area contributed by atoms with Gasteiger partial charge in [-0.25, -0.2) is 4.79 Å². The Morgan fingerprint density at radius 2 is 2.21 bits per heavy atom. The molecular weight excluding hydrogens is 264 g/mol. The largest absolute Gasteiger partial charge is 0.472 e. The number of hydrogen-bond acceptors (Lipinski definition) is 4. The van der Waals surface area contributed by atoms with Crippen LogP contribution in [0.3, 0.4) is 0 Å². The molecule has 0 spiro atoms. The van der Waals surface area contributed by atoms with Gasteiger partial charge < -0.3 is 4.42 Å². The molecule has 5 nitrogen and oxygen atoms in total. The average molecular weight is 276 g/mol. The number of hydrogen-bond donors (Lipinski definition) is 1. The van der Waals surface area contributed by atoms with E-state index in [0.717, 1.165) is 16.0 Å². The molecule has 0 bridgehead atoms. The maximum absolute atomic E-state index is 12.3. The zero-order chi connectivity index (χ0) is 13.6. The molecule has 0 saturated heterocycles. The van der Waals surface area contributed by atoms with E-state index >= 15 is 0 Å². The average Bonchev–Trinajstić information content (AvgIpc) is 2.97. The number of fused-ring (bicyclic) bond motifs is 1. The number of aryl methyl sites for hydroxylation is 1. The van der Waals surface area contributed by atoms with E-state index in [4.69, 9.17) is 4.42 Å². The van der Waals surface area contributed by atoms with Crippen molar-refractivity contribution in [1.82, 2.24) is 9.55 Å². The van der Waals surface area contributed by atoms with Crippen LogP contribution in [0, 0.1) is 6.92 Å². The summed E-state index contributed by atoms with van der Waals surface area (Å²) in [6.07, 6.45) is 3.22. The number of rotatable bonds is 2. The van der Waals surface area contributed by atoms with Gasteiger partial charge in [0.1, 0.15) is 4.83 Å². The Hall–Kier alpha value is -2.08.